The molecule has 1 aliphatic carbocycles. The zero-order valence-electron chi connectivity index (χ0n) is 13.6. The number of carbonyl (C=O) groups excluding carboxylic acids is 1. The van der Waals surface area contributed by atoms with E-state index in [9.17, 15) is 15.3 Å². The normalized spacial score (nSPS) is 17.3. The Bertz CT molecular complexity index is 824. The van der Waals surface area contributed by atoms with Crippen molar-refractivity contribution in [1.82, 2.24) is 0 Å². The minimum Gasteiger partial charge on any atom is -0.595 e. The zero-order valence-corrected chi connectivity index (χ0v) is 14.4. The molecular weight excluding hydrogens is 340 g/mol. The summed E-state index contributed by atoms with van der Waals surface area (Å²) in [7, 11) is 0. The second-order valence-corrected chi connectivity index (χ2v) is 7.23. The van der Waals surface area contributed by atoms with Gasteiger partial charge in [0.1, 0.15) is 11.1 Å². The van der Waals surface area contributed by atoms with Gasteiger partial charge in [0, 0.05) is 22.7 Å². The number of hydrogen-bond donors (Lipinski definition) is 4. The molecule has 0 spiro atoms. The fraction of sp³-hybridized carbons (Fsp3) is 0.294. The van der Waals surface area contributed by atoms with Crippen molar-refractivity contribution in [1.29, 1.82) is 5.26 Å². The number of fused-ring (bicyclic) bond motifs is 1. The molecule has 1 heterocycles. The Labute approximate surface area is 149 Å². The number of quaternary nitrogens is 1. The molecule has 0 saturated heterocycles. The Balaban J connectivity index is 1.72. The molecule has 3 rings (SSSR count). The number of rotatable bonds is 3. The Hall–Kier alpha value is -2.44. The first kappa shape index (κ1) is 17.4. The van der Waals surface area contributed by atoms with Crippen LogP contribution in [0.15, 0.2) is 24.3 Å². The van der Waals surface area contributed by atoms with Crippen LogP contribution in [0.1, 0.15) is 29.3 Å². The standard InChI is InChI=1S/C17H18N4O3S/c1-10-2-7-13-14(9-18)16(25-15(13)8-10)20-17(22)19-11-3-5-12(6-4-11)21(23)24/h3-6,10,21,23H,2,7-8H2,1H3,(H2,19,20,22). The molecule has 4 N–H and O–H groups in total. The van der Waals surface area contributed by atoms with E-state index in [1.165, 1.54) is 40.5 Å². The predicted octanol–water partition coefficient (Wildman–Crippen LogP) is 2.79. The molecule has 1 aliphatic rings. The maximum atomic E-state index is 12.2. The van der Waals surface area contributed by atoms with E-state index < -0.39 is 11.3 Å². The number of nitriles is 1. The van der Waals surface area contributed by atoms with Gasteiger partial charge in [-0.3, -0.25) is 5.32 Å². The van der Waals surface area contributed by atoms with Gasteiger partial charge in [-0.25, -0.2) is 10.0 Å². The third-order valence-corrected chi connectivity index (χ3v) is 5.41. The minimum atomic E-state index is -1.02. The van der Waals surface area contributed by atoms with Crippen molar-refractivity contribution in [3.8, 4) is 6.07 Å². The van der Waals surface area contributed by atoms with Gasteiger partial charge < -0.3 is 10.5 Å². The lowest BCUT2D eigenvalue weighted by atomic mass is 9.89. The van der Waals surface area contributed by atoms with Gasteiger partial charge in [-0.1, -0.05) is 6.92 Å². The number of thiophene rings is 1. The Morgan fingerprint density at radius 2 is 2.12 bits per heavy atom. The van der Waals surface area contributed by atoms with E-state index in [4.69, 9.17) is 5.21 Å². The number of amides is 2. The van der Waals surface area contributed by atoms with E-state index >= 15 is 0 Å². The molecule has 8 heteroatoms. The van der Waals surface area contributed by atoms with E-state index in [1.807, 2.05) is 0 Å². The first-order chi connectivity index (χ1) is 12.0. The summed E-state index contributed by atoms with van der Waals surface area (Å²) in [6.07, 6.45) is 2.87. The smallest absolute Gasteiger partial charge is 0.324 e. The van der Waals surface area contributed by atoms with Crippen LogP contribution in [0.5, 0.6) is 0 Å². The van der Waals surface area contributed by atoms with E-state index in [-0.39, 0.29) is 5.69 Å². The molecule has 1 aromatic carbocycles. The third-order valence-electron chi connectivity index (χ3n) is 4.24. The molecule has 0 bridgehead atoms. The van der Waals surface area contributed by atoms with E-state index in [0.29, 0.717) is 22.2 Å². The SMILES string of the molecule is CC1CCc2c(sc(NC(=O)Nc3ccc([NH+]([O-])O)cc3)c2C#N)C1. The van der Waals surface area contributed by atoms with Crippen molar-refractivity contribution in [3.05, 3.63) is 45.5 Å². The largest absolute Gasteiger partial charge is 0.595 e. The van der Waals surface area contributed by atoms with Crippen LogP contribution in [0.4, 0.5) is 21.2 Å². The third kappa shape index (κ3) is 3.81. The van der Waals surface area contributed by atoms with Crippen molar-refractivity contribution in [3.63, 3.8) is 0 Å². The van der Waals surface area contributed by atoms with Crippen LogP contribution in [-0.4, -0.2) is 11.2 Å². The zero-order chi connectivity index (χ0) is 18.0. The van der Waals surface area contributed by atoms with Gasteiger partial charge in [0.25, 0.3) is 0 Å². The van der Waals surface area contributed by atoms with Gasteiger partial charge in [-0.05, 0) is 42.9 Å². The Kier molecular flexibility index (Phi) is 5.01. The minimum absolute atomic E-state index is 0.151. The summed E-state index contributed by atoms with van der Waals surface area (Å²) < 4.78 is 0. The van der Waals surface area contributed by atoms with Crippen molar-refractivity contribution < 1.29 is 15.2 Å². The Morgan fingerprint density at radius 3 is 2.76 bits per heavy atom. The van der Waals surface area contributed by atoms with Crippen LogP contribution in [0, 0.1) is 22.5 Å². The fourth-order valence-electron chi connectivity index (χ4n) is 2.92. The number of anilines is 2. The molecule has 130 valence electrons. The number of nitrogens with zero attached hydrogens (tertiary/aromatic N) is 1. The molecule has 0 saturated carbocycles. The molecule has 2 unspecified atom stereocenters. The van der Waals surface area contributed by atoms with Crippen LogP contribution >= 0.6 is 11.3 Å². The maximum absolute atomic E-state index is 12.2. The number of hydrogen-bond acceptors (Lipinski definition) is 5. The lowest BCUT2D eigenvalue weighted by molar-refractivity contribution is -0.991. The van der Waals surface area contributed by atoms with Crippen LogP contribution in [0.2, 0.25) is 0 Å². The summed E-state index contributed by atoms with van der Waals surface area (Å²) in [5, 5.41) is 34.1. The molecule has 0 fully saturated rings. The first-order valence-electron chi connectivity index (χ1n) is 7.94. The highest BCUT2D eigenvalue weighted by atomic mass is 32.1. The lowest BCUT2D eigenvalue weighted by Gasteiger charge is -2.17. The van der Waals surface area contributed by atoms with Crippen molar-refractivity contribution in [2.75, 3.05) is 10.6 Å². The van der Waals surface area contributed by atoms with Crippen molar-refractivity contribution in [2.45, 2.75) is 26.2 Å². The maximum Gasteiger partial charge on any atom is 0.324 e. The first-order valence-corrected chi connectivity index (χ1v) is 8.75. The quantitative estimate of drug-likeness (QED) is 0.632. The lowest BCUT2D eigenvalue weighted by Crippen LogP contribution is -2.99. The van der Waals surface area contributed by atoms with Gasteiger partial charge in [0.05, 0.1) is 5.56 Å². The number of nitrogens with one attached hydrogen (secondary N) is 3. The highest BCUT2D eigenvalue weighted by Crippen LogP contribution is 2.39. The average molecular weight is 358 g/mol. The number of benzene rings is 1. The molecule has 0 aliphatic heterocycles. The summed E-state index contributed by atoms with van der Waals surface area (Å²) in [6, 6.07) is 7.65. The summed E-state index contributed by atoms with van der Waals surface area (Å²) in [5.74, 6) is 0.590. The highest BCUT2D eigenvalue weighted by Gasteiger charge is 2.24. The highest BCUT2D eigenvalue weighted by molar-refractivity contribution is 7.16. The Morgan fingerprint density at radius 1 is 1.40 bits per heavy atom. The van der Waals surface area contributed by atoms with Crippen LogP contribution in [0.3, 0.4) is 0 Å². The molecule has 1 aromatic heterocycles. The molecule has 2 atom stereocenters. The second-order valence-electron chi connectivity index (χ2n) is 6.13. The molecule has 2 aromatic rings. The average Bonchev–Trinajstić information content (AvgIpc) is 2.90. The molecule has 25 heavy (non-hydrogen) atoms. The fourth-order valence-corrected chi connectivity index (χ4v) is 4.27. The number of urea groups is 1. The topological polar surface area (TPSA) is 113 Å². The van der Waals surface area contributed by atoms with Gasteiger partial charge in [0.2, 0.25) is 0 Å². The summed E-state index contributed by atoms with van der Waals surface area (Å²) >= 11 is 1.46. The van der Waals surface area contributed by atoms with Gasteiger partial charge in [0.15, 0.2) is 5.69 Å². The van der Waals surface area contributed by atoms with Gasteiger partial charge in [-0.15, -0.1) is 11.3 Å². The molecular formula is C17H18N4O3S. The monoisotopic (exact) mass is 358 g/mol. The van der Waals surface area contributed by atoms with Crippen molar-refractivity contribution >= 4 is 33.7 Å². The predicted molar refractivity (Wildman–Crippen MR) is 95.1 cm³/mol. The molecule has 2 amide bonds. The van der Waals surface area contributed by atoms with Crippen LogP contribution in [0.25, 0.3) is 0 Å². The number of carbonyl (C=O) groups is 1. The van der Waals surface area contributed by atoms with E-state index in [2.05, 4.69) is 23.6 Å². The summed E-state index contributed by atoms with van der Waals surface area (Å²) in [5.41, 5.74) is 2.25. The van der Waals surface area contributed by atoms with Gasteiger partial charge in [-0.2, -0.15) is 10.5 Å². The second kappa shape index (κ2) is 7.21. The van der Waals surface area contributed by atoms with Gasteiger partial charge >= 0.3 is 6.03 Å². The summed E-state index contributed by atoms with van der Waals surface area (Å²) in [6.45, 7) is 2.19. The molecule has 7 nitrogen and oxygen atoms in total. The summed E-state index contributed by atoms with van der Waals surface area (Å²) in [4.78, 5) is 13.4. The van der Waals surface area contributed by atoms with Crippen LogP contribution < -0.4 is 15.9 Å². The van der Waals surface area contributed by atoms with E-state index in [1.54, 1.807) is 0 Å². The molecule has 0 radical (unpaired) electrons. The van der Waals surface area contributed by atoms with Crippen molar-refractivity contribution in [2.24, 2.45) is 5.92 Å². The van der Waals surface area contributed by atoms with Crippen LogP contribution in [-0.2, 0) is 12.8 Å². The van der Waals surface area contributed by atoms with E-state index in [0.717, 1.165) is 24.8 Å².